The van der Waals surface area contributed by atoms with E-state index in [0.29, 0.717) is 34.4 Å². The number of phenolic OH excluding ortho intramolecular Hbond substituents is 1. The molecule has 4 heterocycles. The number of rotatable bonds is 6. The third kappa shape index (κ3) is 5.35. The number of aromatic hydroxyl groups is 1. The monoisotopic (exact) mass is 584 g/mol. The number of piperidine rings is 1. The van der Waals surface area contributed by atoms with E-state index in [1.54, 1.807) is 12.1 Å². The molecule has 0 radical (unpaired) electrons. The highest BCUT2D eigenvalue weighted by molar-refractivity contribution is 5.74. The molecule has 7 rings (SSSR count). The first kappa shape index (κ1) is 27.8. The summed E-state index contributed by atoms with van der Waals surface area (Å²) in [5.41, 5.74) is 9.91. The van der Waals surface area contributed by atoms with Crippen LogP contribution in [0, 0.1) is 11.3 Å². The molecule has 3 aromatic rings. The molecule has 226 valence electrons. The van der Waals surface area contributed by atoms with Crippen LogP contribution in [0.1, 0.15) is 50.0 Å². The molecule has 0 unspecified atom stereocenters. The fourth-order valence-corrected chi connectivity index (χ4v) is 7.77. The van der Waals surface area contributed by atoms with Crippen molar-refractivity contribution in [2.75, 3.05) is 61.9 Å². The summed E-state index contributed by atoms with van der Waals surface area (Å²) in [6.45, 7) is 5.29. The van der Waals surface area contributed by atoms with Gasteiger partial charge in [-0.2, -0.15) is 0 Å². The van der Waals surface area contributed by atoms with Crippen molar-refractivity contribution < 1.29 is 14.6 Å². The zero-order valence-corrected chi connectivity index (χ0v) is 24.7. The maximum atomic E-state index is 11.8. The number of esters is 1. The molecule has 2 saturated carbocycles. The number of anilines is 3. The average Bonchev–Trinajstić information content (AvgIpc) is 3.01. The second kappa shape index (κ2) is 11.3. The molecule has 1 aromatic carbocycles. The summed E-state index contributed by atoms with van der Waals surface area (Å²) in [5.74, 6) is 1.92. The smallest absolute Gasteiger partial charge is 0.308 e. The highest BCUT2D eigenvalue weighted by Crippen LogP contribution is 2.60. The minimum atomic E-state index is -0.0294. The first-order valence-electron chi connectivity index (χ1n) is 15.5. The lowest BCUT2D eigenvalue weighted by Crippen LogP contribution is -2.58. The van der Waals surface area contributed by atoms with Crippen molar-refractivity contribution in [3.63, 3.8) is 0 Å². The van der Waals surface area contributed by atoms with E-state index >= 15 is 0 Å². The number of carbonyl (C=O) groups excluding carboxylic acids is 1. The quantitative estimate of drug-likeness (QED) is 0.413. The summed E-state index contributed by atoms with van der Waals surface area (Å²) in [6.07, 6.45) is 10.8. The lowest BCUT2D eigenvalue weighted by Gasteiger charge is -2.60. The van der Waals surface area contributed by atoms with Crippen LogP contribution in [0.15, 0.2) is 42.7 Å². The van der Waals surface area contributed by atoms with Gasteiger partial charge in [-0.15, -0.1) is 10.2 Å². The summed E-state index contributed by atoms with van der Waals surface area (Å²) >= 11 is 0. The molecule has 2 aliphatic heterocycles. The van der Waals surface area contributed by atoms with Gasteiger partial charge in [-0.25, -0.2) is 9.97 Å². The molecule has 3 N–H and O–H groups in total. The van der Waals surface area contributed by atoms with Gasteiger partial charge in [0, 0.05) is 50.2 Å². The third-order valence-electron chi connectivity index (χ3n) is 10.3. The summed E-state index contributed by atoms with van der Waals surface area (Å²) in [5, 5.41) is 18.6. The highest BCUT2D eigenvalue weighted by atomic mass is 16.5. The van der Waals surface area contributed by atoms with Gasteiger partial charge in [0.1, 0.15) is 5.75 Å². The molecule has 2 aliphatic carbocycles. The largest absolute Gasteiger partial charge is 0.507 e. The number of carbonyl (C=O) groups is 1. The summed E-state index contributed by atoms with van der Waals surface area (Å²) < 4.78 is 4.92. The predicted molar refractivity (Wildman–Crippen MR) is 164 cm³/mol. The van der Waals surface area contributed by atoms with E-state index in [9.17, 15) is 9.90 Å². The Balaban J connectivity index is 0.897. The number of para-hydroxylation sites is 1. The van der Waals surface area contributed by atoms with Crippen LogP contribution in [0.3, 0.4) is 0 Å². The van der Waals surface area contributed by atoms with Crippen LogP contribution in [0.25, 0.3) is 11.3 Å². The van der Waals surface area contributed by atoms with E-state index in [1.807, 2.05) is 30.6 Å². The summed E-state index contributed by atoms with van der Waals surface area (Å²) in [7, 11) is 1.50. The Kier molecular flexibility index (Phi) is 7.28. The topological polar surface area (TPSA) is 134 Å². The van der Waals surface area contributed by atoms with Crippen molar-refractivity contribution in [1.82, 2.24) is 25.1 Å². The standard InChI is InChI=1S/C32H40N8O3/c1-43-30(42)22-15-32(16-22)17-24(18-32)38-8-6-21(7-9-38)23-19-34-31(35-20-23)40-12-10-39(11-13-40)27-14-26(36-37-29(27)33)25-4-2-3-5-28(25)41/h2-5,14,19-22,24,41H,6-13,15-18H2,1H3,(H2,33,37). The van der Waals surface area contributed by atoms with Crippen LogP contribution in [-0.4, -0.2) is 88.6 Å². The van der Waals surface area contributed by atoms with Crippen LogP contribution in [-0.2, 0) is 9.53 Å². The molecule has 0 amide bonds. The Labute approximate surface area is 252 Å². The molecule has 4 fully saturated rings. The fraction of sp³-hybridized carbons (Fsp3) is 0.531. The van der Waals surface area contributed by atoms with E-state index in [1.165, 1.54) is 25.5 Å². The molecule has 43 heavy (non-hydrogen) atoms. The van der Waals surface area contributed by atoms with Crippen LogP contribution >= 0.6 is 0 Å². The Morgan fingerprint density at radius 2 is 1.63 bits per heavy atom. The molecule has 11 heteroatoms. The molecule has 11 nitrogen and oxygen atoms in total. The molecule has 0 atom stereocenters. The van der Waals surface area contributed by atoms with Crippen molar-refractivity contribution >= 4 is 23.4 Å². The molecule has 0 bridgehead atoms. The van der Waals surface area contributed by atoms with Gasteiger partial charge in [-0.3, -0.25) is 4.79 Å². The Bertz CT molecular complexity index is 1450. The maximum Gasteiger partial charge on any atom is 0.308 e. The normalized spacial score (nSPS) is 26.2. The molecule has 4 aliphatic rings. The van der Waals surface area contributed by atoms with Crippen molar-refractivity contribution in [2.24, 2.45) is 11.3 Å². The van der Waals surface area contributed by atoms with E-state index in [4.69, 9.17) is 20.4 Å². The van der Waals surface area contributed by atoms with Crippen molar-refractivity contribution in [1.29, 1.82) is 0 Å². The lowest BCUT2D eigenvalue weighted by atomic mass is 9.49. The average molecular weight is 585 g/mol. The number of phenols is 1. The van der Waals surface area contributed by atoms with E-state index in [2.05, 4.69) is 24.9 Å². The second-order valence-corrected chi connectivity index (χ2v) is 12.8. The third-order valence-corrected chi connectivity index (χ3v) is 10.3. The van der Waals surface area contributed by atoms with E-state index < -0.39 is 0 Å². The number of piperazine rings is 1. The zero-order valence-electron chi connectivity index (χ0n) is 24.7. The van der Waals surface area contributed by atoms with Crippen molar-refractivity contribution in [2.45, 2.75) is 50.5 Å². The number of benzene rings is 1. The number of hydrogen-bond donors (Lipinski definition) is 2. The van der Waals surface area contributed by atoms with Gasteiger partial charge in [0.2, 0.25) is 5.95 Å². The molecular formula is C32H40N8O3. The van der Waals surface area contributed by atoms with Crippen LogP contribution < -0.4 is 15.5 Å². The SMILES string of the molecule is COC(=O)C1CC2(C1)CC(N1CCC(c3cnc(N4CCN(c5cc(-c6ccccc6O)nnc5N)CC4)nc3)CC1)C2. The van der Waals surface area contributed by atoms with Gasteiger partial charge in [0.05, 0.1) is 24.4 Å². The van der Waals surface area contributed by atoms with Crippen LogP contribution in [0.4, 0.5) is 17.5 Å². The Morgan fingerprint density at radius 3 is 2.30 bits per heavy atom. The number of ether oxygens (including phenoxy) is 1. The summed E-state index contributed by atoms with van der Waals surface area (Å²) in [4.78, 5) is 28.4. The van der Waals surface area contributed by atoms with Gasteiger partial charge >= 0.3 is 5.97 Å². The second-order valence-electron chi connectivity index (χ2n) is 12.8. The number of methoxy groups -OCH3 is 1. The van der Waals surface area contributed by atoms with Gasteiger partial charge in [0.15, 0.2) is 5.82 Å². The minimum Gasteiger partial charge on any atom is -0.507 e. The van der Waals surface area contributed by atoms with Gasteiger partial charge in [0.25, 0.3) is 0 Å². The molecule has 1 spiro atoms. The maximum absolute atomic E-state index is 11.8. The van der Waals surface area contributed by atoms with Crippen LogP contribution in [0.5, 0.6) is 5.75 Å². The first-order valence-corrected chi connectivity index (χ1v) is 15.5. The number of hydrogen-bond acceptors (Lipinski definition) is 11. The van der Waals surface area contributed by atoms with Crippen molar-refractivity contribution in [3.8, 4) is 17.0 Å². The zero-order chi connectivity index (χ0) is 29.6. The minimum absolute atomic E-state index is 0.0294. The number of aromatic nitrogens is 4. The Morgan fingerprint density at radius 1 is 0.953 bits per heavy atom. The van der Waals surface area contributed by atoms with Gasteiger partial charge in [-0.1, -0.05) is 12.1 Å². The first-order chi connectivity index (χ1) is 20.9. The molecule has 2 saturated heterocycles. The number of nitrogens with zero attached hydrogens (tertiary/aromatic N) is 7. The van der Waals surface area contributed by atoms with Gasteiger partial charge < -0.3 is 30.3 Å². The number of nitrogen functional groups attached to an aromatic ring is 1. The van der Waals surface area contributed by atoms with E-state index in [-0.39, 0.29) is 17.6 Å². The predicted octanol–water partition coefficient (Wildman–Crippen LogP) is 3.46. The fourth-order valence-electron chi connectivity index (χ4n) is 7.77. The van der Waals surface area contributed by atoms with Crippen LogP contribution in [0.2, 0.25) is 0 Å². The lowest BCUT2D eigenvalue weighted by molar-refractivity contribution is -0.163. The summed E-state index contributed by atoms with van der Waals surface area (Å²) in [6, 6.07) is 9.69. The van der Waals surface area contributed by atoms with E-state index in [0.717, 1.165) is 76.6 Å². The number of likely N-dealkylation sites (tertiary alicyclic amines) is 1. The Hall–Kier alpha value is -3.99. The highest BCUT2D eigenvalue weighted by Gasteiger charge is 2.56. The number of nitrogens with two attached hydrogens (primary N) is 1. The van der Waals surface area contributed by atoms with Crippen molar-refractivity contribution in [3.05, 3.63) is 48.3 Å². The molecule has 2 aromatic heterocycles. The molecular weight excluding hydrogens is 544 g/mol. The van der Waals surface area contributed by atoms with Gasteiger partial charge in [-0.05, 0) is 86.7 Å².